The number of hydrogen-bond donors (Lipinski definition) is 2. The number of rotatable bonds is 4. The second-order valence-electron chi connectivity index (χ2n) is 3.46. The van der Waals surface area contributed by atoms with Crippen LogP contribution in [0.3, 0.4) is 0 Å². The van der Waals surface area contributed by atoms with Crippen LogP contribution in [0.5, 0.6) is 0 Å². The molecule has 0 bridgehead atoms. The summed E-state index contributed by atoms with van der Waals surface area (Å²) in [5, 5.41) is 6.23. The molecule has 1 heterocycles. The molecule has 0 radical (unpaired) electrons. The molecule has 0 aromatic rings. The standard InChI is InChI=1S/C9H19N3O/c1-8-9(13)12(7-5-11-8)6-3-4-10-2/h8,10-11H,3-7H2,1-2H3. The SMILES string of the molecule is CNCCCN1CCNC(C)C1=O. The van der Waals surface area contributed by atoms with Gasteiger partial charge in [-0.15, -0.1) is 0 Å². The lowest BCUT2D eigenvalue weighted by atomic mass is 10.2. The van der Waals surface area contributed by atoms with E-state index < -0.39 is 0 Å². The first kappa shape index (κ1) is 10.5. The molecular formula is C9H19N3O. The molecule has 0 aromatic heterocycles. The molecule has 1 unspecified atom stereocenters. The van der Waals surface area contributed by atoms with Gasteiger partial charge in [-0.05, 0) is 26.9 Å². The zero-order valence-electron chi connectivity index (χ0n) is 8.47. The lowest BCUT2D eigenvalue weighted by Crippen LogP contribution is -2.53. The Kier molecular flexibility index (Phi) is 4.18. The van der Waals surface area contributed by atoms with E-state index in [1.54, 1.807) is 0 Å². The number of carbonyl (C=O) groups is 1. The Bertz CT molecular complexity index is 172. The van der Waals surface area contributed by atoms with Crippen LogP contribution in [0.25, 0.3) is 0 Å². The largest absolute Gasteiger partial charge is 0.340 e. The molecule has 1 fully saturated rings. The van der Waals surface area contributed by atoms with Gasteiger partial charge in [0.05, 0.1) is 6.04 Å². The molecule has 1 aliphatic heterocycles. The van der Waals surface area contributed by atoms with Crippen molar-refractivity contribution in [3.8, 4) is 0 Å². The van der Waals surface area contributed by atoms with Gasteiger partial charge in [-0.1, -0.05) is 0 Å². The predicted octanol–water partition coefficient (Wildman–Crippen LogP) is -0.584. The van der Waals surface area contributed by atoms with E-state index in [1.807, 2.05) is 18.9 Å². The van der Waals surface area contributed by atoms with Crippen LogP contribution >= 0.6 is 0 Å². The van der Waals surface area contributed by atoms with E-state index in [2.05, 4.69) is 10.6 Å². The zero-order chi connectivity index (χ0) is 9.68. The van der Waals surface area contributed by atoms with E-state index in [0.717, 1.165) is 32.6 Å². The van der Waals surface area contributed by atoms with Gasteiger partial charge in [0.1, 0.15) is 0 Å². The van der Waals surface area contributed by atoms with Gasteiger partial charge in [-0.2, -0.15) is 0 Å². The van der Waals surface area contributed by atoms with E-state index >= 15 is 0 Å². The van der Waals surface area contributed by atoms with Crippen LogP contribution in [0.1, 0.15) is 13.3 Å². The summed E-state index contributed by atoms with van der Waals surface area (Å²) in [6, 6.07) is 0.00309. The zero-order valence-corrected chi connectivity index (χ0v) is 8.47. The summed E-state index contributed by atoms with van der Waals surface area (Å²) in [6.45, 7) is 5.56. The molecule has 2 N–H and O–H groups in total. The van der Waals surface area contributed by atoms with Crippen molar-refractivity contribution in [2.45, 2.75) is 19.4 Å². The van der Waals surface area contributed by atoms with Crippen LogP contribution in [0.15, 0.2) is 0 Å². The van der Waals surface area contributed by atoms with Crippen molar-refractivity contribution in [2.24, 2.45) is 0 Å². The third-order valence-corrected chi connectivity index (χ3v) is 2.37. The molecule has 0 aliphatic carbocycles. The lowest BCUT2D eigenvalue weighted by Gasteiger charge is -2.31. The maximum absolute atomic E-state index is 11.6. The third-order valence-electron chi connectivity index (χ3n) is 2.37. The second kappa shape index (κ2) is 5.19. The molecule has 4 nitrogen and oxygen atoms in total. The van der Waals surface area contributed by atoms with Crippen molar-refractivity contribution in [1.29, 1.82) is 0 Å². The van der Waals surface area contributed by atoms with E-state index in [1.165, 1.54) is 0 Å². The summed E-state index contributed by atoms with van der Waals surface area (Å²) in [4.78, 5) is 13.5. The summed E-state index contributed by atoms with van der Waals surface area (Å²) in [5.74, 6) is 0.238. The maximum Gasteiger partial charge on any atom is 0.239 e. The van der Waals surface area contributed by atoms with Gasteiger partial charge < -0.3 is 15.5 Å². The summed E-state index contributed by atoms with van der Waals surface area (Å²) in [7, 11) is 1.93. The fourth-order valence-corrected chi connectivity index (χ4v) is 1.56. The molecule has 1 aliphatic rings. The van der Waals surface area contributed by atoms with Gasteiger partial charge >= 0.3 is 0 Å². The molecule has 0 aromatic carbocycles. The molecular weight excluding hydrogens is 166 g/mol. The number of carbonyl (C=O) groups excluding carboxylic acids is 1. The first-order chi connectivity index (χ1) is 6.25. The molecule has 0 saturated carbocycles. The lowest BCUT2D eigenvalue weighted by molar-refractivity contribution is -0.135. The highest BCUT2D eigenvalue weighted by molar-refractivity contribution is 5.82. The maximum atomic E-state index is 11.6. The average molecular weight is 185 g/mol. The first-order valence-corrected chi connectivity index (χ1v) is 4.92. The van der Waals surface area contributed by atoms with Crippen molar-refractivity contribution in [2.75, 3.05) is 33.2 Å². The van der Waals surface area contributed by atoms with Crippen molar-refractivity contribution in [3.63, 3.8) is 0 Å². The molecule has 1 amide bonds. The van der Waals surface area contributed by atoms with Crippen molar-refractivity contribution in [3.05, 3.63) is 0 Å². The van der Waals surface area contributed by atoms with Gasteiger partial charge in [0, 0.05) is 19.6 Å². The number of nitrogens with one attached hydrogen (secondary N) is 2. The fourth-order valence-electron chi connectivity index (χ4n) is 1.56. The Hall–Kier alpha value is -0.610. The van der Waals surface area contributed by atoms with Gasteiger partial charge in [0.2, 0.25) is 5.91 Å². The number of amides is 1. The molecule has 1 atom stereocenters. The smallest absolute Gasteiger partial charge is 0.239 e. The van der Waals surface area contributed by atoms with Crippen molar-refractivity contribution >= 4 is 5.91 Å². The van der Waals surface area contributed by atoms with Crippen LogP contribution < -0.4 is 10.6 Å². The normalized spacial score (nSPS) is 23.7. The highest BCUT2D eigenvalue weighted by Gasteiger charge is 2.23. The first-order valence-electron chi connectivity index (χ1n) is 4.92. The quantitative estimate of drug-likeness (QED) is 0.576. The number of hydrogen-bond acceptors (Lipinski definition) is 3. The summed E-state index contributed by atoms with van der Waals surface area (Å²) < 4.78 is 0. The van der Waals surface area contributed by atoms with Crippen LogP contribution in [0, 0.1) is 0 Å². The minimum atomic E-state index is 0.00309. The fraction of sp³-hybridized carbons (Fsp3) is 0.889. The van der Waals surface area contributed by atoms with Crippen LogP contribution in [0.4, 0.5) is 0 Å². The topological polar surface area (TPSA) is 44.4 Å². The molecule has 1 rings (SSSR count). The minimum Gasteiger partial charge on any atom is -0.340 e. The molecule has 0 spiro atoms. The summed E-state index contributed by atoms with van der Waals surface area (Å²) in [5.41, 5.74) is 0. The highest BCUT2D eigenvalue weighted by atomic mass is 16.2. The van der Waals surface area contributed by atoms with Crippen molar-refractivity contribution < 1.29 is 4.79 Å². The third kappa shape index (κ3) is 2.97. The Balaban J connectivity index is 2.27. The van der Waals surface area contributed by atoms with Gasteiger partial charge in [-0.3, -0.25) is 4.79 Å². The Morgan fingerprint density at radius 3 is 3.15 bits per heavy atom. The minimum absolute atomic E-state index is 0.00309. The van der Waals surface area contributed by atoms with E-state index in [9.17, 15) is 4.79 Å². The van der Waals surface area contributed by atoms with Crippen LogP contribution in [-0.4, -0.2) is 50.1 Å². The molecule has 1 saturated heterocycles. The van der Waals surface area contributed by atoms with Gasteiger partial charge in [0.15, 0.2) is 0 Å². The van der Waals surface area contributed by atoms with Crippen LogP contribution in [-0.2, 0) is 4.79 Å². The van der Waals surface area contributed by atoms with Crippen LogP contribution in [0.2, 0.25) is 0 Å². The Labute approximate surface area is 79.7 Å². The Morgan fingerprint density at radius 1 is 1.69 bits per heavy atom. The number of nitrogens with zero attached hydrogens (tertiary/aromatic N) is 1. The summed E-state index contributed by atoms with van der Waals surface area (Å²) in [6.07, 6.45) is 1.04. The van der Waals surface area contributed by atoms with Gasteiger partial charge in [0.25, 0.3) is 0 Å². The molecule has 4 heteroatoms. The van der Waals surface area contributed by atoms with E-state index in [0.29, 0.717) is 0 Å². The highest BCUT2D eigenvalue weighted by Crippen LogP contribution is 2.01. The monoisotopic (exact) mass is 185 g/mol. The van der Waals surface area contributed by atoms with Crippen molar-refractivity contribution in [1.82, 2.24) is 15.5 Å². The van der Waals surface area contributed by atoms with E-state index in [4.69, 9.17) is 0 Å². The predicted molar refractivity (Wildman–Crippen MR) is 52.6 cm³/mol. The summed E-state index contributed by atoms with van der Waals surface area (Å²) >= 11 is 0. The number of piperazine rings is 1. The molecule has 76 valence electrons. The van der Waals surface area contributed by atoms with E-state index in [-0.39, 0.29) is 11.9 Å². The average Bonchev–Trinajstić information content (AvgIpc) is 2.13. The molecule has 13 heavy (non-hydrogen) atoms. The van der Waals surface area contributed by atoms with Gasteiger partial charge in [-0.25, -0.2) is 0 Å². The second-order valence-corrected chi connectivity index (χ2v) is 3.46. The Morgan fingerprint density at radius 2 is 2.46 bits per heavy atom.